The highest BCUT2D eigenvalue weighted by molar-refractivity contribution is 4.88. The number of aliphatic hydroxyl groups excluding tert-OH is 2. The van der Waals surface area contributed by atoms with Gasteiger partial charge in [0.05, 0.1) is 6.10 Å². The molecule has 0 bridgehead atoms. The lowest BCUT2D eigenvalue weighted by atomic mass is 10.00. The van der Waals surface area contributed by atoms with Gasteiger partial charge in [0.15, 0.2) is 6.29 Å². The number of hydrogen-bond acceptors (Lipinski definition) is 5. The van der Waals surface area contributed by atoms with Gasteiger partial charge in [0.1, 0.15) is 18.3 Å². The Balaban J connectivity index is 2.69. The highest BCUT2D eigenvalue weighted by Gasteiger charge is 2.43. The zero-order chi connectivity index (χ0) is 10.0. The molecule has 1 aliphatic rings. The Kier molecular flexibility index (Phi) is 3.63. The SMILES string of the molecule is CO[C@@H]1[C@@H](O)[C@@H](OC)[C@@H](C)O[C@H]1O. The van der Waals surface area contributed by atoms with Crippen LogP contribution in [0.1, 0.15) is 6.92 Å². The van der Waals surface area contributed by atoms with E-state index in [0.717, 1.165) is 0 Å². The molecule has 1 heterocycles. The Morgan fingerprint density at radius 3 is 2.08 bits per heavy atom. The van der Waals surface area contributed by atoms with Gasteiger partial charge in [-0.25, -0.2) is 0 Å². The first kappa shape index (κ1) is 10.9. The molecule has 0 aromatic carbocycles. The van der Waals surface area contributed by atoms with Gasteiger partial charge in [-0.2, -0.15) is 0 Å². The summed E-state index contributed by atoms with van der Waals surface area (Å²) in [5.74, 6) is 0. The van der Waals surface area contributed by atoms with Crippen molar-refractivity contribution in [3.8, 4) is 0 Å². The molecule has 0 amide bonds. The minimum atomic E-state index is -1.10. The summed E-state index contributed by atoms with van der Waals surface area (Å²) in [6, 6.07) is 0. The number of ether oxygens (including phenoxy) is 3. The second-order valence-electron chi connectivity index (χ2n) is 3.12. The topological polar surface area (TPSA) is 68.2 Å². The van der Waals surface area contributed by atoms with Crippen molar-refractivity contribution in [2.24, 2.45) is 0 Å². The van der Waals surface area contributed by atoms with E-state index in [4.69, 9.17) is 14.2 Å². The van der Waals surface area contributed by atoms with Crippen molar-refractivity contribution < 1.29 is 24.4 Å². The number of hydrogen-bond donors (Lipinski definition) is 2. The molecule has 2 N–H and O–H groups in total. The van der Waals surface area contributed by atoms with Crippen LogP contribution in [0.2, 0.25) is 0 Å². The van der Waals surface area contributed by atoms with Gasteiger partial charge in [0.2, 0.25) is 0 Å². The molecule has 0 unspecified atom stereocenters. The van der Waals surface area contributed by atoms with E-state index in [2.05, 4.69) is 0 Å². The summed E-state index contributed by atoms with van der Waals surface area (Å²) in [6.45, 7) is 1.73. The maximum atomic E-state index is 9.68. The normalized spacial score (nSPS) is 46.4. The molecule has 0 saturated carbocycles. The van der Waals surface area contributed by atoms with Gasteiger partial charge in [-0.15, -0.1) is 0 Å². The smallest absolute Gasteiger partial charge is 0.184 e. The van der Waals surface area contributed by atoms with Crippen molar-refractivity contribution in [2.45, 2.75) is 37.6 Å². The molecule has 5 atom stereocenters. The van der Waals surface area contributed by atoms with Gasteiger partial charge in [-0.05, 0) is 6.92 Å². The summed E-state index contributed by atoms with van der Waals surface area (Å²) in [7, 11) is 2.89. The molecule has 1 aliphatic heterocycles. The van der Waals surface area contributed by atoms with Gasteiger partial charge in [0.25, 0.3) is 0 Å². The maximum absolute atomic E-state index is 9.68. The van der Waals surface area contributed by atoms with Crippen LogP contribution in [-0.4, -0.2) is 55.1 Å². The van der Waals surface area contributed by atoms with Gasteiger partial charge in [-0.1, -0.05) is 0 Å². The summed E-state index contributed by atoms with van der Waals surface area (Å²) in [6.07, 6.45) is -3.52. The number of methoxy groups -OCH3 is 2. The van der Waals surface area contributed by atoms with Crippen LogP contribution < -0.4 is 0 Å². The molecule has 0 aliphatic carbocycles. The molecule has 78 valence electrons. The monoisotopic (exact) mass is 192 g/mol. The highest BCUT2D eigenvalue weighted by Crippen LogP contribution is 2.23. The van der Waals surface area contributed by atoms with E-state index in [9.17, 15) is 10.2 Å². The molecule has 13 heavy (non-hydrogen) atoms. The van der Waals surface area contributed by atoms with E-state index >= 15 is 0 Å². The van der Waals surface area contributed by atoms with Crippen molar-refractivity contribution in [3.05, 3.63) is 0 Å². The van der Waals surface area contributed by atoms with Crippen LogP contribution >= 0.6 is 0 Å². The Hall–Kier alpha value is -0.200. The third kappa shape index (κ3) is 2.00. The van der Waals surface area contributed by atoms with Crippen molar-refractivity contribution in [2.75, 3.05) is 14.2 Å². The minimum absolute atomic E-state index is 0.346. The predicted octanol–water partition coefficient (Wildman–Crippen LogP) is -0.886. The van der Waals surface area contributed by atoms with Gasteiger partial charge in [0, 0.05) is 14.2 Å². The molecule has 0 radical (unpaired) electrons. The lowest BCUT2D eigenvalue weighted by Gasteiger charge is -2.40. The summed E-state index contributed by atoms with van der Waals surface area (Å²) < 4.78 is 15.0. The summed E-state index contributed by atoms with van der Waals surface area (Å²) in [4.78, 5) is 0. The lowest BCUT2D eigenvalue weighted by Crippen LogP contribution is -2.57. The molecule has 5 heteroatoms. The van der Waals surface area contributed by atoms with Crippen LogP contribution in [0, 0.1) is 0 Å². The number of rotatable bonds is 2. The standard InChI is InChI=1S/C8H16O5/c1-4-6(11-2)5(9)7(12-3)8(10)13-4/h4-10H,1-3H3/t4-,5+,6+,7-,8-/m1/s1. The first-order chi connectivity index (χ1) is 6.11. The summed E-state index contributed by atoms with van der Waals surface area (Å²) in [5, 5.41) is 19.0. The van der Waals surface area contributed by atoms with Crippen LogP contribution in [0.5, 0.6) is 0 Å². The van der Waals surface area contributed by atoms with Crippen LogP contribution in [0.4, 0.5) is 0 Å². The molecule has 5 nitrogen and oxygen atoms in total. The third-order valence-electron chi connectivity index (χ3n) is 2.32. The average Bonchev–Trinajstić information content (AvgIpc) is 2.04. The predicted molar refractivity (Wildman–Crippen MR) is 44.2 cm³/mol. The maximum Gasteiger partial charge on any atom is 0.184 e. The minimum Gasteiger partial charge on any atom is -0.387 e. The fraction of sp³-hybridized carbons (Fsp3) is 1.00. The third-order valence-corrected chi connectivity index (χ3v) is 2.32. The fourth-order valence-corrected chi connectivity index (χ4v) is 1.59. The second-order valence-corrected chi connectivity index (χ2v) is 3.12. The van der Waals surface area contributed by atoms with E-state index in [-0.39, 0.29) is 6.10 Å². The highest BCUT2D eigenvalue weighted by atomic mass is 16.7. The molecule has 0 spiro atoms. The molecule has 1 saturated heterocycles. The molecular formula is C8H16O5. The molecule has 1 rings (SSSR count). The Labute approximate surface area is 77.2 Å². The van der Waals surface area contributed by atoms with E-state index in [1.165, 1.54) is 14.2 Å². The fourth-order valence-electron chi connectivity index (χ4n) is 1.59. The van der Waals surface area contributed by atoms with E-state index < -0.39 is 24.6 Å². The second kappa shape index (κ2) is 4.34. The zero-order valence-corrected chi connectivity index (χ0v) is 8.01. The lowest BCUT2D eigenvalue weighted by molar-refractivity contribution is -0.287. The van der Waals surface area contributed by atoms with Crippen molar-refractivity contribution in [3.63, 3.8) is 0 Å². The first-order valence-electron chi connectivity index (χ1n) is 4.19. The largest absolute Gasteiger partial charge is 0.387 e. The van der Waals surface area contributed by atoms with Gasteiger partial charge in [-0.3, -0.25) is 0 Å². The Morgan fingerprint density at radius 1 is 1.08 bits per heavy atom. The van der Waals surface area contributed by atoms with Crippen LogP contribution in [0.3, 0.4) is 0 Å². The summed E-state index contributed by atoms with van der Waals surface area (Å²) in [5.41, 5.74) is 0. The van der Waals surface area contributed by atoms with Crippen LogP contribution in [-0.2, 0) is 14.2 Å². The van der Waals surface area contributed by atoms with E-state index in [1.54, 1.807) is 6.92 Å². The molecule has 0 aromatic rings. The quantitative estimate of drug-likeness (QED) is 0.594. The van der Waals surface area contributed by atoms with Gasteiger partial charge >= 0.3 is 0 Å². The first-order valence-corrected chi connectivity index (χ1v) is 4.19. The summed E-state index contributed by atoms with van der Waals surface area (Å²) >= 11 is 0. The molecule has 0 aromatic heterocycles. The zero-order valence-electron chi connectivity index (χ0n) is 8.01. The molecular weight excluding hydrogens is 176 g/mol. The van der Waals surface area contributed by atoms with Crippen molar-refractivity contribution >= 4 is 0 Å². The van der Waals surface area contributed by atoms with Crippen LogP contribution in [0.25, 0.3) is 0 Å². The average molecular weight is 192 g/mol. The Bertz CT molecular complexity index is 147. The van der Waals surface area contributed by atoms with Crippen molar-refractivity contribution in [1.82, 2.24) is 0 Å². The Morgan fingerprint density at radius 2 is 1.62 bits per heavy atom. The van der Waals surface area contributed by atoms with Gasteiger partial charge < -0.3 is 24.4 Å². The van der Waals surface area contributed by atoms with Crippen LogP contribution in [0.15, 0.2) is 0 Å². The van der Waals surface area contributed by atoms with Crippen molar-refractivity contribution in [1.29, 1.82) is 0 Å². The van der Waals surface area contributed by atoms with E-state index in [0.29, 0.717) is 0 Å². The van der Waals surface area contributed by atoms with E-state index in [1.807, 2.05) is 0 Å². The number of aliphatic hydroxyl groups is 2. The molecule has 1 fully saturated rings.